The number of hydrogen-bond donors (Lipinski definition) is 3. The molecule has 0 aliphatic rings. The van der Waals surface area contributed by atoms with E-state index < -0.39 is 4.92 Å². The van der Waals surface area contributed by atoms with E-state index in [1.165, 1.54) is 12.1 Å². The molecule has 1 rings (SSSR count). The Hall–Kier alpha value is -2.42. The van der Waals surface area contributed by atoms with Crippen LogP contribution in [-0.4, -0.2) is 40.7 Å². The molecule has 0 saturated heterocycles. The normalized spacial score (nSPS) is 11.3. The molecule has 0 atom stereocenters. The monoisotopic (exact) mass is 269 g/mol. The third kappa shape index (κ3) is 4.07. The minimum absolute atomic E-state index is 0.0498. The zero-order valence-corrected chi connectivity index (χ0v) is 10.4. The van der Waals surface area contributed by atoms with Crippen LogP contribution in [0.15, 0.2) is 17.3 Å². The Morgan fingerprint density at radius 3 is 3.00 bits per heavy atom. The van der Waals surface area contributed by atoms with Gasteiger partial charge >= 0.3 is 5.69 Å². The third-order valence-electron chi connectivity index (χ3n) is 2.18. The first-order chi connectivity index (χ1) is 9.10. The first-order valence-electron chi connectivity index (χ1n) is 5.55. The molecule has 0 unspecified atom stereocenters. The number of anilines is 1. The fourth-order valence-corrected chi connectivity index (χ4v) is 1.31. The number of ether oxygens (including phenoxy) is 1. The number of oxime groups is 1. The van der Waals surface area contributed by atoms with Crippen molar-refractivity contribution in [3.8, 4) is 0 Å². The van der Waals surface area contributed by atoms with Crippen LogP contribution in [0, 0.1) is 10.1 Å². The van der Waals surface area contributed by atoms with Crippen LogP contribution in [0.1, 0.15) is 12.6 Å². The number of pyridine rings is 1. The Kier molecular flexibility index (Phi) is 5.48. The molecule has 0 aromatic carbocycles. The Labute approximate surface area is 109 Å². The van der Waals surface area contributed by atoms with Crippen LogP contribution in [-0.2, 0) is 4.74 Å². The van der Waals surface area contributed by atoms with Crippen LogP contribution >= 0.6 is 0 Å². The van der Waals surface area contributed by atoms with Gasteiger partial charge in [0.25, 0.3) is 0 Å². The number of hydrogen-bond acceptors (Lipinski definition) is 7. The smallest absolute Gasteiger partial charge is 0.311 e. The van der Waals surface area contributed by atoms with Crippen molar-refractivity contribution in [2.75, 3.05) is 25.1 Å². The molecule has 9 heteroatoms. The third-order valence-corrected chi connectivity index (χ3v) is 2.18. The van der Waals surface area contributed by atoms with Gasteiger partial charge in [0.2, 0.25) is 5.82 Å². The Morgan fingerprint density at radius 2 is 2.42 bits per heavy atom. The zero-order valence-electron chi connectivity index (χ0n) is 10.4. The van der Waals surface area contributed by atoms with E-state index in [0.717, 1.165) is 0 Å². The van der Waals surface area contributed by atoms with Crippen LogP contribution in [0.4, 0.5) is 11.5 Å². The summed E-state index contributed by atoms with van der Waals surface area (Å²) in [6.07, 6.45) is 0. The van der Waals surface area contributed by atoms with E-state index in [1.807, 2.05) is 6.92 Å². The number of amidine groups is 1. The molecule has 19 heavy (non-hydrogen) atoms. The quantitative estimate of drug-likeness (QED) is 0.164. The second-order valence-electron chi connectivity index (χ2n) is 3.43. The molecule has 1 heterocycles. The Bertz CT molecular complexity index is 477. The van der Waals surface area contributed by atoms with Crippen LogP contribution in [0.2, 0.25) is 0 Å². The highest BCUT2D eigenvalue weighted by Crippen LogP contribution is 2.21. The lowest BCUT2D eigenvalue weighted by atomic mass is 10.3. The minimum atomic E-state index is -0.563. The Morgan fingerprint density at radius 1 is 1.68 bits per heavy atom. The first kappa shape index (κ1) is 14.6. The van der Waals surface area contributed by atoms with Gasteiger partial charge < -0.3 is 21.0 Å². The summed E-state index contributed by atoms with van der Waals surface area (Å²) in [5.74, 6) is -0.170. The number of nitrogens with zero attached hydrogens (tertiary/aromatic N) is 3. The lowest BCUT2D eigenvalue weighted by Gasteiger charge is -2.07. The molecule has 0 aliphatic carbocycles. The van der Waals surface area contributed by atoms with E-state index in [0.29, 0.717) is 19.8 Å². The van der Waals surface area contributed by atoms with Crippen molar-refractivity contribution in [1.82, 2.24) is 4.98 Å². The van der Waals surface area contributed by atoms with Gasteiger partial charge in [0.1, 0.15) is 5.69 Å². The first-order valence-corrected chi connectivity index (χ1v) is 5.55. The second-order valence-corrected chi connectivity index (χ2v) is 3.43. The van der Waals surface area contributed by atoms with Crippen molar-refractivity contribution in [3.63, 3.8) is 0 Å². The van der Waals surface area contributed by atoms with Gasteiger partial charge in [0, 0.05) is 19.2 Å². The number of nitrogens with two attached hydrogens (primary N) is 1. The largest absolute Gasteiger partial charge is 0.409 e. The summed E-state index contributed by atoms with van der Waals surface area (Å²) < 4.78 is 5.11. The van der Waals surface area contributed by atoms with Gasteiger partial charge in [-0.2, -0.15) is 0 Å². The fourth-order valence-electron chi connectivity index (χ4n) is 1.31. The lowest BCUT2D eigenvalue weighted by Crippen LogP contribution is -2.17. The predicted octanol–water partition coefficient (Wildman–Crippen LogP) is 0.533. The number of aromatic nitrogens is 1. The van der Waals surface area contributed by atoms with Crippen molar-refractivity contribution in [1.29, 1.82) is 0 Å². The topological polar surface area (TPSA) is 136 Å². The summed E-state index contributed by atoms with van der Waals surface area (Å²) in [7, 11) is 0. The molecule has 0 bridgehead atoms. The van der Waals surface area contributed by atoms with Gasteiger partial charge in [-0.1, -0.05) is 5.16 Å². The van der Waals surface area contributed by atoms with Crippen molar-refractivity contribution >= 4 is 17.3 Å². The highest BCUT2D eigenvalue weighted by Gasteiger charge is 2.16. The molecule has 0 radical (unpaired) electrons. The minimum Gasteiger partial charge on any atom is -0.409 e. The summed E-state index contributed by atoms with van der Waals surface area (Å²) in [5, 5.41) is 25.0. The van der Waals surface area contributed by atoms with E-state index in [-0.39, 0.29) is 23.0 Å². The molecule has 0 fully saturated rings. The van der Waals surface area contributed by atoms with E-state index in [1.54, 1.807) is 0 Å². The molecule has 1 aromatic rings. The maximum atomic E-state index is 10.8. The van der Waals surface area contributed by atoms with Crippen LogP contribution in [0.3, 0.4) is 0 Å². The molecule has 0 saturated carbocycles. The SMILES string of the molecule is CCOCCNc1nc(C(N)=NO)ccc1[N+](=O)[O-]. The summed E-state index contributed by atoms with van der Waals surface area (Å²) in [4.78, 5) is 14.2. The van der Waals surface area contributed by atoms with Crippen molar-refractivity contribution in [2.45, 2.75) is 6.92 Å². The van der Waals surface area contributed by atoms with Crippen LogP contribution in [0.5, 0.6) is 0 Å². The summed E-state index contributed by atoms with van der Waals surface area (Å²) in [5.41, 5.74) is 5.34. The summed E-state index contributed by atoms with van der Waals surface area (Å²) >= 11 is 0. The van der Waals surface area contributed by atoms with Gasteiger partial charge in [-0.05, 0) is 13.0 Å². The number of nitro groups is 1. The summed E-state index contributed by atoms with van der Waals surface area (Å²) in [6.45, 7) is 3.16. The average molecular weight is 269 g/mol. The van der Waals surface area contributed by atoms with Gasteiger partial charge in [-0.3, -0.25) is 10.1 Å². The number of nitrogens with one attached hydrogen (secondary N) is 1. The highest BCUT2D eigenvalue weighted by molar-refractivity contribution is 5.95. The van der Waals surface area contributed by atoms with Crippen molar-refractivity contribution in [2.24, 2.45) is 10.9 Å². The van der Waals surface area contributed by atoms with Gasteiger partial charge in [0.15, 0.2) is 5.84 Å². The molecule has 104 valence electrons. The molecule has 1 aromatic heterocycles. The lowest BCUT2D eigenvalue weighted by molar-refractivity contribution is -0.384. The second kappa shape index (κ2) is 7.11. The van der Waals surface area contributed by atoms with E-state index >= 15 is 0 Å². The van der Waals surface area contributed by atoms with Crippen LogP contribution < -0.4 is 11.1 Å². The average Bonchev–Trinajstić information content (AvgIpc) is 2.42. The molecule has 0 amide bonds. The summed E-state index contributed by atoms with van der Waals surface area (Å²) in [6, 6.07) is 2.55. The molecule has 4 N–H and O–H groups in total. The highest BCUT2D eigenvalue weighted by atomic mass is 16.6. The van der Waals surface area contributed by atoms with E-state index in [9.17, 15) is 10.1 Å². The van der Waals surface area contributed by atoms with Crippen molar-refractivity contribution < 1.29 is 14.9 Å². The van der Waals surface area contributed by atoms with E-state index in [4.69, 9.17) is 15.7 Å². The van der Waals surface area contributed by atoms with Crippen molar-refractivity contribution in [3.05, 3.63) is 27.9 Å². The van der Waals surface area contributed by atoms with Gasteiger partial charge in [0.05, 0.1) is 11.5 Å². The van der Waals surface area contributed by atoms with Gasteiger partial charge in [-0.15, -0.1) is 0 Å². The van der Waals surface area contributed by atoms with Crippen LogP contribution in [0.25, 0.3) is 0 Å². The predicted molar refractivity (Wildman–Crippen MR) is 68.4 cm³/mol. The zero-order chi connectivity index (χ0) is 14.3. The standard InChI is InChI=1S/C10H15N5O4/c1-2-19-6-5-12-10-8(15(17)18)4-3-7(13-10)9(11)14-16/h3-4,16H,2,5-6H2,1H3,(H2,11,14)(H,12,13). The molecular formula is C10H15N5O4. The molecule has 0 aliphatic heterocycles. The molecular weight excluding hydrogens is 254 g/mol. The van der Waals surface area contributed by atoms with E-state index in [2.05, 4.69) is 15.5 Å². The maximum absolute atomic E-state index is 10.8. The number of rotatable bonds is 7. The molecule has 9 nitrogen and oxygen atoms in total. The fraction of sp³-hybridized carbons (Fsp3) is 0.400. The van der Waals surface area contributed by atoms with Gasteiger partial charge in [-0.25, -0.2) is 4.98 Å². The maximum Gasteiger partial charge on any atom is 0.311 e. The molecule has 0 spiro atoms. The Balaban J connectivity index is 2.92.